The number of nitrogen functional groups attached to an aromatic ring is 1. The van der Waals surface area contributed by atoms with Crippen molar-refractivity contribution in [2.75, 3.05) is 19.4 Å². The Bertz CT molecular complexity index is 687. The van der Waals surface area contributed by atoms with Gasteiger partial charge in [-0.1, -0.05) is 6.07 Å². The highest BCUT2D eigenvalue weighted by molar-refractivity contribution is 5.94. The summed E-state index contributed by atoms with van der Waals surface area (Å²) in [6.07, 6.45) is 2.48. The fourth-order valence-electron chi connectivity index (χ4n) is 2.43. The molecule has 6 nitrogen and oxygen atoms in total. The van der Waals surface area contributed by atoms with Crippen LogP contribution >= 0.6 is 0 Å². The Labute approximate surface area is 122 Å². The zero-order chi connectivity index (χ0) is 14.8. The maximum atomic E-state index is 12.6. The summed E-state index contributed by atoms with van der Waals surface area (Å²) in [5.74, 6) is 0.881. The van der Waals surface area contributed by atoms with Gasteiger partial charge in [0.2, 0.25) is 5.95 Å². The number of carbonyl (C=O) groups is 1. The van der Waals surface area contributed by atoms with Crippen LogP contribution in [0.1, 0.15) is 21.6 Å². The van der Waals surface area contributed by atoms with Crippen molar-refractivity contribution < 1.29 is 9.53 Å². The predicted molar refractivity (Wildman–Crippen MR) is 77.9 cm³/mol. The Kier molecular flexibility index (Phi) is 3.43. The molecule has 6 heteroatoms. The Morgan fingerprint density at radius 1 is 1.43 bits per heavy atom. The molecule has 1 aromatic heterocycles. The molecule has 0 atom stereocenters. The van der Waals surface area contributed by atoms with Crippen molar-refractivity contribution in [3.8, 4) is 5.75 Å². The lowest BCUT2D eigenvalue weighted by atomic mass is 10.1. The van der Waals surface area contributed by atoms with Crippen LogP contribution in [0.4, 0.5) is 5.95 Å². The summed E-state index contributed by atoms with van der Waals surface area (Å²) < 4.78 is 5.16. The summed E-state index contributed by atoms with van der Waals surface area (Å²) in [6, 6.07) is 7.15. The van der Waals surface area contributed by atoms with Crippen molar-refractivity contribution >= 4 is 11.9 Å². The summed E-state index contributed by atoms with van der Waals surface area (Å²) in [4.78, 5) is 22.5. The van der Waals surface area contributed by atoms with Crippen LogP contribution in [-0.4, -0.2) is 34.4 Å². The largest absolute Gasteiger partial charge is 0.497 e. The molecule has 2 N–H and O–H groups in total. The SMILES string of the molecule is COc1cccc(C(=O)N2CCc3cnc(N)nc3C2)c1. The average molecular weight is 284 g/mol. The summed E-state index contributed by atoms with van der Waals surface area (Å²) in [7, 11) is 1.58. The van der Waals surface area contributed by atoms with Gasteiger partial charge in [0.15, 0.2) is 0 Å². The summed E-state index contributed by atoms with van der Waals surface area (Å²) in [6.45, 7) is 1.11. The third kappa shape index (κ3) is 2.65. The van der Waals surface area contributed by atoms with Gasteiger partial charge in [-0.3, -0.25) is 4.79 Å². The van der Waals surface area contributed by atoms with Gasteiger partial charge in [-0.2, -0.15) is 0 Å². The van der Waals surface area contributed by atoms with E-state index in [-0.39, 0.29) is 11.9 Å². The second-order valence-corrected chi connectivity index (χ2v) is 4.91. The quantitative estimate of drug-likeness (QED) is 0.898. The third-order valence-corrected chi connectivity index (χ3v) is 3.57. The number of hydrogen-bond donors (Lipinski definition) is 1. The number of ether oxygens (including phenoxy) is 1. The number of carbonyl (C=O) groups excluding carboxylic acids is 1. The maximum absolute atomic E-state index is 12.6. The lowest BCUT2D eigenvalue weighted by molar-refractivity contribution is 0.0731. The van der Waals surface area contributed by atoms with Crippen molar-refractivity contribution in [2.24, 2.45) is 0 Å². The molecule has 1 aliphatic heterocycles. The molecule has 2 heterocycles. The molecule has 0 fully saturated rings. The van der Waals surface area contributed by atoms with E-state index >= 15 is 0 Å². The molecule has 1 amide bonds. The fourth-order valence-corrected chi connectivity index (χ4v) is 2.43. The van der Waals surface area contributed by atoms with Crippen LogP contribution in [0.3, 0.4) is 0 Å². The second kappa shape index (κ2) is 5.40. The molecule has 108 valence electrons. The van der Waals surface area contributed by atoms with E-state index in [1.54, 1.807) is 30.3 Å². The number of amides is 1. The maximum Gasteiger partial charge on any atom is 0.254 e. The molecule has 0 aliphatic carbocycles. The molecule has 1 aromatic carbocycles. The number of hydrogen-bond acceptors (Lipinski definition) is 5. The first-order chi connectivity index (χ1) is 10.2. The first-order valence-electron chi connectivity index (χ1n) is 6.71. The second-order valence-electron chi connectivity index (χ2n) is 4.91. The number of nitrogens with two attached hydrogens (primary N) is 1. The van der Waals surface area contributed by atoms with Crippen LogP contribution < -0.4 is 10.5 Å². The Morgan fingerprint density at radius 3 is 3.10 bits per heavy atom. The molecule has 0 saturated carbocycles. The highest BCUT2D eigenvalue weighted by atomic mass is 16.5. The molecule has 1 aliphatic rings. The van der Waals surface area contributed by atoms with Crippen molar-refractivity contribution in [3.63, 3.8) is 0 Å². The van der Waals surface area contributed by atoms with Gasteiger partial charge >= 0.3 is 0 Å². The van der Waals surface area contributed by atoms with E-state index in [2.05, 4.69) is 9.97 Å². The van der Waals surface area contributed by atoms with Crippen LogP contribution in [0, 0.1) is 0 Å². The molecule has 21 heavy (non-hydrogen) atoms. The highest BCUT2D eigenvalue weighted by Crippen LogP contribution is 2.20. The molecular weight excluding hydrogens is 268 g/mol. The zero-order valence-corrected chi connectivity index (χ0v) is 11.7. The van der Waals surface area contributed by atoms with Gasteiger partial charge in [0.25, 0.3) is 5.91 Å². The Hall–Kier alpha value is -2.63. The van der Waals surface area contributed by atoms with E-state index in [1.165, 1.54) is 0 Å². The number of fused-ring (bicyclic) bond motifs is 1. The normalized spacial score (nSPS) is 13.7. The molecular formula is C15H16N4O2. The summed E-state index contributed by atoms with van der Waals surface area (Å²) >= 11 is 0. The van der Waals surface area contributed by atoms with Crippen molar-refractivity contribution in [2.45, 2.75) is 13.0 Å². The van der Waals surface area contributed by atoms with Gasteiger partial charge < -0.3 is 15.4 Å². The van der Waals surface area contributed by atoms with E-state index in [4.69, 9.17) is 10.5 Å². The van der Waals surface area contributed by atoms with Crippen LogP contribution in [0.5, 0.6) is 5.75 Å². The topological polar surface area (TPSA) is 81.3 Å². The smallest absolute Gasteiger partial charge is 0.254 e. The molecule has 0 saturated heterocycles. The van der Waals surface area contributed by atoms with E-state index in [9.17, 15) is 4.79 Å². The van der Waals surface area contributed by atoms with Crippen LogP contribution in [0.15, 0.2) is 30.5 Å². The number of anilines is 1. The van der Waals surface area contributed by atoms with E-state index < -0.39 is 0 Å². The highest BCUT2D eigenvalue weighted by Gasteiger charge is 2.23. The van der Waals surface area contributed by atoms with Crippen LogP contribution in [0.25, 0.3) is 0 Å². The minimum absolute atomic E-state index is 0.0308. The molecule has 2 aromatic rings. The number of nitrogens with zero attached hydrogens (tertiary/aromatic N) is 3. The van der Waals surface area contributed by atoms with Crippen LogP contribution in [-0.2, 0) is 13.0 Å². The third-order valence-electron chi connectivity index (χ3n) is 3.57. The summed E-state index contributed by atoms with van der Waals surface area (Å²) in [5, 5.41) is 0. The van der Waals surface area contributed by atoms with Crippen molar-refractivity contribution in [1.29, 1.82) is 0 Å². The van der Waals surface area contributed by atoms with Gasteiger partial charge in [-0.25, -0.2) is 9.97 Å². The van der Waals surface area contributed by atoms with Gasteiger partial charge in [0.05, 0.1) is 19.3 Å². The molecule has 0 bridgehead atoms. The molecule has 0 radical (unpaired) electrons. The lowest BCUT2D eigenvalue weighted by Crippen LogP contribution is -2.36. The predicted octanol–water partition coefficient (Wildman–Crippen LogP) is 1.27. The first kappa shape index (κ1) is 13.4. The van der Waals surface area contributed by atoms with Crippen molar-refractivity contribution in [3.05, 3.63) is 47.3 Å². The van der Waals surface area contributed by atoms with Gasteiger partial charge in [0.1, 0.15) is 5.75 Å². The number of methoxy groups -OCH3 is 1. The molecule has 0 spiro atoms. The average Bonchev–Trinajstić information content (AvgIpc) is 2.53. The standard InChI is InChI=1S/C15H16N4O2/c1-21-12-4-2-3-10(7-12)14(20)19-6-5-11-8-17-15(16)18-13(11)9-19/h2-4,7-8H,5-6,9H2,1H3,(H2,16,17,18). The van der Waals surface area contributed by atoms with Gasteiger partial charge in [0, 0.05) is 18.3 Å². The van der Waals surface area contributed by atoms with E-state index in [0.717, 1.165) is 17.7 Å². The van der Waals surface area contributed by atoms with E-state index in [0.29, 0.717) is 24.4 Å². The minimum atomic E-state index is -0.0308. The number of rotatable bonds is 2. The summed E-state index contributed by atoms with van der Waals surface area (Å²) in [5.41, 5.74) is 8.10. The number of aromatic nitrogens is 2. The first-order valence-corrected chi connectivity index (χ1v) is 6.71. The zero-order valence-electron chi connectivity index (χ0n) is 11.7. The Balaban J connectivity index is 1.83. The fraction of sp³-hybridized carbons (Fsp3) is 0.267. The lowest BCUT2D eigenvalue weighted by Gasteiger charge is -2.28. The van der Waals surface area contributed by atoms with Crippen molar-refractivity contribution in [1.82, 2.24) is 14.9 Å². The van der Waals surface area contributed by atoms with Gasteiger partial charge in [-0.15, -0.1) is 0 Å². The van der Waals surface area contributed by atoms with E-state index in [1.807, 2.05) is 12.1 Å². The molecule has 0 unspecified atom stereocenters. The monoisotopic (exact) mass is 284 g/mol. The van der Waals surface area contributed by atoms with Crippen LogP contribution in [0.2, 0.25) is 0 Å². The Morgan fingerprint density at radius 2 is 2.29 bits per heavy atom. The minimum Gasteiger partial charge on any atom is -0.497 e. The number of benzene rings is 1. The molecule has 3 rings (SSSR count). The van der Waals surface area contributed by atoms with Gasteiger partial charge in [-0.05, 0) is 30.2 Å².